The van der Waals surface area contributed by atoms with E-state index < -0.39 is 0 Å². The van der Waals surface area contributed by atoms with Gasteiger partial charge in [-0.15, -0.1) is 11.3 Å². The Morgan fingerprint density at radius 3 is 2.84 bits per heavy atom. The highest BCUT2D eigenvalue weighted by atomic mass is 32.1. The van der Waals surface area contributed by atoms with E-state index in [9.17, 15) is 4.79 Å². The van der Waals surface area contributed by atoms with Gasteiger partial charge in [-0.2, -0.15) is 0 Å². The SMILES string of the molecule is CCNC(=O)c1sc(N(C)CC2CCCC2)cc1N. The fourth-order valence-electron chi connectivity index (χ4n) is 2.67. The molecule has 0 aromatic carbocycles. The Labute approximate surface area is 119 Å². The quantitative estimate of drug-likeness (QED) is 0.872. The summed E-state index contributed by atoms with van der Waals surface area (Å²) in [4.78, 5) is 14.7. The molecule has 106 valence electrons. The van der Waals surface area contributed by atoms with E-state index in [0.717, 1.165) is 17.5 Å². The van der Waals surface area contributed by atoms with Crippen LogP contribution in [0.25, 0.3) is 0 Å². The van der Waals surface area contributed by atoms with Crippen molar-refractivity contribution in [3.05, 3.63) is 10.9 Å². The molecular formula is C14H23N3OS. The van der Waals surface area contributed by atoms with E-state index in [2.05, 4.69) is 17.3 Å². The monoisotopic (exact) mass is 281 g/mol. The van der Waals surface area contributed by atoms with Crippen LogP contribution < -0.4 is 16.0 Å². The second kappa shape index (κ2) is 6.28. The van der Waals surface area contributed by atoms with Gasteiger partial charge in [-0.3, -0.25) is 4.79 Å². The number of amides is 1. The lowest BCUT2D eigenvalue weighted by Crippen LogP contribution is -2.23. The summed E-state index contributed by atoms with van der Waals surface area (Å²) in [6, 6.07) is 1.92. The zero-order chi connectivity index (χ0) is 13.8. The second-order valence-electron chi connectivity index (χ2n) is 5.26. The van der Waals surface area contributed by atoms with Crippen molar-refractivity contribution in [1.82, 2.24) is 5.32 Å². The van der Waals surface area contributed by atoms with Crippen LogP contribution in [0.3, 0.4) is 0 Å². The van der Waals surface area contributed by atoms with E-state index >= 15 is 0 Å². The van der Waals surface area contributed by atoms with Crippen LogP contribution in [0.2, 0.25) is 0 Å². The minimum absolute atomic E-state index is 0.0643. The Balaban J connectivity index is 2.03. The number of thiophene rings is 1. The fraction of sp³-hybridized carbons (Fsp3) is 0.643. The number of nitrogens with one attached hydrogen (secondary N) is 1. The van der Waals surface area contributed by atoms with Gasteiger partial charge in [0.05, 0.1) is 10.7 Å². The number of nitrogens with zero attached hydrogens (tertiary/aromatic N) is 1. The first-order chi connectivity index (χ1) is 9.11. The smallest absolute Gasteiger partial charge is 0.263 e. The van der Waals surface area contributed by atoms with Crippen molar-refractivity contribution in [3.8, 4) is 0 Å². The molecule has 0 atom stereocenters. The van der Waals surface area contributed by atoms with E-state index in [1.807, 2.05) is 13.0 Å². The molecule has 5 heteroatoms. The maximum absolute atomic E-state index is 11.8. The number of rotatable bonds is 5. The molecule has 1 aliphatic carbocycles. The van der Waals surface area contributed by atoms with Gasteiger partial charge in [0.15, 0.2) is 0 Å². The van der Waals surface area contributed by atoms with Gasteiger partial charge in [0.1, 0.15) is 4.88 Å². The predicted octanol–water partition coefficient (Wildman–Crippen LogP) is 2.71. The molecule has 0 radical (unpaired) electrons. The molecule has 1 aromatic rings. The summed E-state index contributed by atoms with van der Waals surface area (Å²) in [5.41, 5.74) is 6.53. The van der Waals surface area contributed by atoms with Gasteiger partial charge >= 0.3 is 0 Å². The third-order valence-electron chi connectivity index (χ3n) is 3.67. The first-order valence-electron chi connectivity index (χ1n) is 7.00. The second-order valence-corrected chi connectivity index (χ2v) is 6.29. The summed E-state index contributed by atoms with van der Waals surface area (Å²) >= 11 is 1.49. The van der Waals surface area contributed by atoms with Crippen molar-refractivity contribution in [2.75, 3.05) is 30.8 Å². The fourth-order valence-corrected chi connectivity index (χ4v) is 3.64. The average molecular weight is 281 g/mol. The van der Waals surface area contributed by atoms with E-state index in [0.29, 0.717) is 17.1 Å². The van der Waals surface area contributed by atoms with Crippen LogP contribution in [-0.4, -0.2) is 26.0 Å². The lowest BCUT2D eigenvalue weighted by Gasteiger charge is -2.21. The number of carbonyl (C=O) groups is 1. The van der Waals surface area contributed by atoms with Gasteiger partial charge < -0.3 is 16.0 Å². The van der Waals surface area contributed by atoms with Crippen LogP contribution in [-0.2, 0) is 0 Å². The molecule has 2 rings (SSSR count). The summed E-state index contributed by atoms with van der Waals surface area (Å²) in [5, 5.41) is 3.89. The molecule has 0 unspecified atom stereocenters. The normalized spacial score (nSPS) is 15.7. The third-order valence-corrected chi connectivity index (χ3v) is 4.94. The van der Waals surface area contributed by atoms with Crippen molar-refractivity contribution in [2.24, 2.45) is 5.92 Å². The van der Waals surface area contributed by atoms with Crippen molar-refractivity contribution < 1.29 is 4.79 Å². The third kappa shape index (κ3) is 3.41. The minimum atomic E-state index is -0.0643. The molecule has 1 aliphatic rings. The topological polar surface area (TPSA) is 58.4 Å². The molecule has 1 amide bonds. The molecule has 0 saturated heterocycles. The zero-order valence-corrected chi connectivity index (χ0v) is 12.6. The van der Waals surface area contributed by atoms with Crippen LogP contribution in [0.4, 0.5) is 10.7 Å². The maximum atomic E-state index is 11.8. The molecule has 3 N–H and O–H groups in total. The van der Waals surface area contributed by atoms with Gasteiger partial charge in [-0.25, -0.2) is 0 Å². The number of nitrogens with two attached hydrogens (primary N) is 1. The molecule has 1 saturated carbocycles. The number of nitrogen functional groups attached to an aromatic ring is 1. The summed E-state index contributed by atoms with van der Waals surface area (Å²) in [7, 11) is 2.09. The Morgan fingerprint density at radius 2 is 2.21 bits per heavy atom. The molecule has 0 aliphatic heterocycles. The van der Waals surface area contributed by atoms with Crippen molar-refractivity contribution in [2.45, 2.75) is 32.6 Å². The van der Waals surface area contributed by atoms with Crippen LogP contribution in [0.1, 0.15) is 42.3 Å². The van der Waals surface area contributed by atoms with Crippen LogP contribution in [0, 0.1) is 5.92 Å². The minimum Gasteiger partial charge on any atom is -0.397 e. The Kier molecular flexibility index (Phi) is 4.69. The number of hydrogen-bond donors (Lipinski definition) is 2. The number of carbonyl (C=O) groups excluding carboxylic acids is 1. The van der Waals surface area contributed by atoms with Gasteiger partial charge in [-0.05, 0) is 31.7 Å². The van der Waals surface area contributed by atoms with Gasteiger partial charge in [0, 0.05) is 20.1 Å². The van der Waals surface area contributed by atoms with Gasteiger partial charge in [0.2, 0.25) is 0 Å². The lowest BCUT2D eigenvalue weighted by molar-refractivity contribution is 0.0960. The molecule has 0 bridgehead atoms. The summed E-state index contributed by atoms with van der Waals surface area (Å²) in [6.45, 7) is 3.60. The molecule has 0 spiro atoms. The predicted molar refractivity (Wildman–Crippen MR) is 82.0 cm³/mol. The maximum Gasteiger partial charge on any atom is 0.263 e. The highest BCUT2D eigenvalue weighted by Crippen LogP contribution is 2.33. The highest BCUT2D eigenvalue weighted by Gasteiger charge is 2.20. The first kappa shape index (κ1) is 14.2. The number of hydrogen-bond acceptors (Lipinski definition) is 4. The standard InChI is InChI=1S/C14H23N3OS/c1-3-16-14(18)13-11(15)8-12(19-13)17(2)9-10-6-4-5-7-10/h8,10H,3-7,9,15H2,1-2H3,(H,16,18). The molecule has 1 fully saturated rings. The molecule has 1 heterocycles. The lowest BCUT2D eigenvalue weighted by atomic mass is 10.1. The van der Waals surface area contributed by atoms with E-state index in [1.165, 1.54) is 37.0 Å². The summed E-state index contributed by atoms with van der Waals surface area (Å²) in [5.74, 6) is 0.728. The molecular weight excluding hydrogens is 258 g/mol. The average Bonchev–Trinajstić information content (AvgIpc) is 2.98. The van der Waals surface area contributed by atoms with Gasteiger partial charge in [-0.1, -0.05) is 12.8 Å². The van der Waals surface area contributed by atoms with Crippen LogP contribution in [0.15, 0.2) is 6.07 Å². The van der Waals surface area contributed by atoms with Crippen molar-refractivity contribution in [3.63, 3.8) is 0 Å². The Hall–Kier alpha value is -1.23. The summed E-state index contributed by atoms with van der Waals surface area (Å²) < 4.78 is 0. The van der Waals surface area contributed by atoms with E-state index in [-0.39, 0.29) is 5.91 Å². The van der Waals surface area contributed by atoms with Crippen molar-refractivity contribution in [1.29, 1.82) is 0 Å². The van der Waals surface area contributed by atoms with E-state index in [1.54, 1.807) is 0 Å². The largest absolute Gasteiger partial charge is 0.397 e. The molecule has 4 nitrogen and oxygen atoms in total. The molecule has 19 heavy (non-hydrogen) atoms. The number of anilines is 2. The Bertz CT molecular complexity index is 438. The van der Waals surface area contributed by atoms with E-state index in [4.69, 9.17) is 5.73 Å². The molecule has 1 aromatic heterocycles. The highest BCUT2D eigenvalue weighted by molar-refractivity contribution is 7.18. The first-order valence-corrected chi connectivity index (χ1v) is 7.82. The van der Waals surface area contributed by atoms with Crippen LogP contribution >= 0.6 is 11.3 Å². The summed E-state index contributed by atoms with van der Waals surface area (Å²) in [6.07, 6.45) is 5.37. The van der Waals surface area contributed by atoms with Crippen LogP contribution in [0.5, 0.6) is 0 Å². The van der Waals surface area contributed by atoms with Gasteiger partial charge in [0.25, 0.3) is 5.91 Å². The zero-order valence-electron chi connectivity index (χ0n) is 11.7. The van der Waals surface area contributed by atoms with Crippen molar-refractivity contribution >= 4 is 27.9 Å². The Morgan fingerprint density at radius 1 is 1.53 bits per heavy atom.